The van der Waals surface area contributed by atoms with E-state index in [2.05, 4.69) is 5.27 Å². The minimum Gasteiger partial charge on any atom is -0.497 e. The van der Waals surface area contributed by atoms with E-state index < -0.39 is 5.63 Å². The summed E-state index contributed by atoms with van der Waals surface area (Å²) in [6.07, 6.45) is 1.22. The van der Waals surface area contributed by atoms with Gasteiger partial charge in [-0.25, -0.2) is 4.79 Å². The number of aromatic amines is 1. The molecular formula is C15H20N3O4+. The average Bonchev–Trinajstić information content (AvgIpc) is 2.88. The number of carbonyl (C=O) groups is 1. The van der Waals surface area contributed by atoms with E-state index in [0.717, 1.165) is 12.1 Å². The molecule has 0 aliphatic rings. The second kappa shape index (κ2) is 6.93. The molecule has 7 nitrogen and oxygen atoms in total. The van der Waals surface area contributed by atoms with Crippen molar-refractivity contribution in [1.29, 1.82) is 0 Å². The molecule has 0 spiro atoms. The number of carbonyl (C=O) groups excluding carboxylic acids is 1. The summed E-state index contributed by atoms with van der Waals surface area (Å²) in [6.45, 7) is 2.12. The standard InChI is InChI=1S/C15H19N3O4/c1-4-5-14(19)17(2)10-13-15(20)22-16-18(13)11-6-8-12(21-3)9-7-11/h6-9H,4-5,10H2,1-3H3/p+1. The summed E-state index contributed by atoms with van der Waals surface area (Å²) in [6, 6.07) is 7.15. The maximum absolute atomic E-state index is 11.9. The van der Waals surface area contributed by atoms with Crippen LogP contribution in [0.4, 0.5) is 0 Å². The lowest BCUT2D eigenvalue weighted by molar-refractivity contribution is -0.678. The molecular weight excluding hydrogens is 286 g/mol. The van der Waals surface area contributed by atoms with Crippen LogP contribution in [0, 0.1) is 0 Å². The Balaban J connectivity index is 2.27. The summed E-state index contributed by atoms with van der Waals surface area (Å²) in [7, 11) is 3.25. The molecule has 0 aliphatic heterocycles. The number of nitrogens with one attached hydrogen (secondary N) is 1. The molecule has 0 atom stereocenters. The smallest absolute Gasteiger partial charge is 0.432 e. The Morgan fingerprint density at radius 3 is 2.64 bits per heavy atom. The topological polar surface area (TPSA) is 79.4 Å². The Morgan fingerprint density at radius 1 is 1.36 bits per heavy atom. The van der Waals surface area contributed by atoms with Crippen LogP contribution in [0.2, 0.25) is 0 Å². The summed E-state index contributed by atoms with van der Waals surface area (Å²) in [5, 5.41) is 2.55. The predicted molar refractivity (Wildman–Crippen MR) is 78.8 cm³/mol. The number of hydrogen-bond acceptors (Lipinski definition) is 4. The fourth-order valence-corrected chi connectivity index (χ4v) is 2.09. The maximum atomic E-state index is 11.9. The van der Waals surface area contributed by atoms with Crippen molar-refractivity contribution in [2.45, 2.75) is 26.3 Å². The number of nitrogens with zero attached hydrogens (tertiary/aromatic N) is 2. The van der Waals surface area contributed by atoms with Crippen molar-refractivity contribution in [2.75, 3.05) is 14.2 Å². The normalized spacial score (nSPS) is 10.5. The first-order chi connectivity index (χ1) is 10.6. The molecule has 1 aromatic heterocycles. The second-order valence-electron chi connectivity index (χ2n) is 4.96. The van der Waals surface area contributed by atoms with Gasteiger partial charge >= 0.3 is 11.3 Å². The maximum Gasteiger partial charge on any atom is 0.432 e. The van der Waals surface area contributed by atoms with Crippen LogP contribution in [0.3, 0.4) is 0 Å². The molecule has 1 aromatic carbocycles. The molecule has 0 fully saturated rings. The highest BCUT2D eigenvalue weighted by Crippen LogP contribution is 2.11. The molecule has 7 heteroatoms. The van der Waals surface area contributed by atoms with Gasteiger partial charge in [0.2, 0.25) is 11.6 Å². The Kier molecular flexibility index (Phi) is 4.98. The molecule has 2 rings (SSSR count). The summed E-state index contributed by atoms with van der Waals surface area (Å²) in [4.78, 5) is 25.3. The molecule has 118 valence electrons. The van der Waals surface area contributed by atoms with Gasteiger partial charge in [0.1, 0.15) is 12.3 Å². The number of benzene rings is 1. The van der Waals surface area contributed by atoms with E-state index in [1.54, 1.807) is 38.4 Å². The van der Waals surface area contributed by atoms with Crippen molar-refractivity contribution in [1.82, 2.24) is 10.2 Å². The molecule has 0 radical (unpaired) electrons. The Hall–Kier alpha value is -2.57. The zero-order chi connectivity index (χ0) is 16.1. The van der Waals surface area contributed by atoms with Gasteiger partial charge in [0.15, 0.2) is 0 Å². The second-order valence-corrected chi connectivity index (χ2v) is 4.96. The highest BCUT2D eigenvalue weighted by molar-refractivity contribution is 5.75. The fraction of sp³-hybridized carbons (Fsp3) is 0.400. The van der Waals surface area contributed by atoms with Crippen LogP contribution >= 0.6 is 0 Å². The van der Waals surface area contributed by atoms with Crippen molar-refractivity contribution in [2.24, 2.45) is 0 Å². The van der Waals surface area contributed by atoms with E-state index in [1.807, 2.05) is 6.92 Å². The Labute approximate surface area is 128 Å². The average molecular weight is 306 g/mol. The zero-order valence-corrected chi connectivity index (χ0v) is 13.0. The van der Waals surface area contributed by atoms with Crippen molar-refractivity contribution < 1.29 is 18.7 Å². The minimum atomic E-state index is -0.494. The lowest BCUT2D eigenvalue weighted by Gasteiger charge is -2.13. The number of rotatable bonds is 6. The molecule has 1 heterocycles. The third kappa shape index (κ3) is 3.36. The fourth-order valence-electron chi connectivity index (χ4n) is 2.09. The van der Waals surface area contributed by atoms with Gasteiger partial charge in [-0.2, -0.15) is 0 Å². The number of hydrogen-bond donors (Lipinski definition) is 1. The number of ether oxygens (including phenoxy) is 1. The van der Waals surface area contributed by atoms with Crippen LogP contribution in [0.1, 0.15) is 25.5 Å². The third-order valence-electron chi connectivity index (χ3n) is 3.34. The van der Waals surface area contributed by atoms with E-state index >= 15 is 0 Å². The third-order valence-corrected chi connectivity index (χ3v) is 3.34. The van der Waals surface area contributed by atoms with Crippen LogP contribution in [0.25, 0.3) is 5.69 Å². The summed E-state index contributed by atoms with van der Waals surface area (Å²) >= 11 is 0. The van der Waals surface area contributed by atoms with E-state index in [0.29, 0.717) is 17.9 Å². The van der Waals surface area contributed by atoms with Gasteiger partial charge < -0.3 is 9.64 Å². The molecule has 1 N–H and O–H groups in total. The first kappa shape index (κ1) is 15.8. The first-order valence-corrected chi connectivity index (χ1v) is 7.07. The van der Waals surface area contributed by atoms with Crippen LogP contribution < -0.4 is 15.0 Å². The molecule has 0 unspecified atom stereocenters. The Bertz CT molecular complexity index is 688. The van der Waals surface area contributed by atoms with Crippen molar-refractivity contribution >= 4 is 5.91 Å². The number of aromatic nitrogens is 2. The summed E-state index contributed by atoms with van der Waals surface area (Å²) < 4.78 is 11.5. The molecule has 0 bridgehead atoms. The largest absolute Gasteiger partial charge is 0.497 e. The lowest BCUT2D eigenvalue weighted by atomic mass is 10.2. The van der Waals surface area contributed by atoms with Gasteiger partial charge in [-0.1, -0.05) is 6.92 Å². The lowest BCUT2D eigenvalue weighted by Crippen LogP contribution is -2.42. The quantitative estimate of drug-likeness (QED) is 0.808. The van der Waals surface area contributed by atoms with Crippen LogP contribution in [0.15, 0.2) is 33.6 Å². The highest BCUT2D eigenvalue weighted by Gasteiger charge is 2.26. The number of amides is 1. The van der Waals surface area contributed by atoms with Crippen molar-refractivity contribution in [3.05, 3.63) is 40.4 Å². The molecule has 2 aromatic rings. The van der Waals surface area contributed by atoms with Crippen LogP contribution in [-0.4, -0.2) is 30.2 Å². The van der Waals surface area contributed by atoms with Crippen LogP contribution in [-0.2, 0) is 11.3 Å². The van der Waals surface area contributed by atoms with Crippen molar-refractivity contribution in [3.63, 3.8) is 0 Å². The minimum absolute atomic E-state index is 0.00983. The number of methoxy groups -OCH3 is 1. The van der Waals surface area contributed by atoms with Gasteiger partial charge in [-0.05, 0) is 28.5 Å². The van der Waals surface area contributed by atoms with Gasteiger partial charge in [0.25, 0.3) is 0 Å². The highest BCUT2D eigenvalue weighted by atomic mass is 16.5. The van der Waals surface area contributed by atoms with Crippen molar-refractivity contribution in [3.8, 4) is 11.4 Å². The van der Waals surface area contributed by atoms with Crippen LogP contribution in [0.5, 0.6) is 5.75 Å². The van der Waals surface area contributed by atoms with E-state index in [1.165, 1.54) is 9.58 Å². The first-order valence-electron chi connectivity index (χ1n) is 7.07. The summed E-state index contributed by atoms with van der Waals surface area (Å²) in [5.41, 5.74) is 0.585. The zero-order valence-electron chi connectivity index (χ0n) is 13.0. The van der Waals surface area contributed by atoms with E-state index in [9.17, 15) is 9.59 Å². The van der Waals surface area contributed by atoms with E-state index in [4.69, 9.17) is 9.26 Å². The van der Waals surface area contributed by atoms with Gasteiger partial charge in [0.05, 0.1) is 7.11 Å². The van der Waals surface area contributed by atoms with Gasteiger partial charge in [0, 0.05) is 25.6 Å². The monoisotopic (exact) mass is 306 g/mol. The van der Waals surface area contributed by atoms with Gasteiger partial charge in [-0.3, -0.25) is 9.32 Å². The molecule has 0 saturated carbocycles. The predicted octanol–water partition coefficient (Wildman–Crippen LogP) is 1.01. The molecule has 22 heavy (non-hydrogen) atoms. The SMILES string of the molecule is CCCC(=O)N(C)Cc1c(=O)o[nH][n+]1-c1ccc(OC)cc1. The Morgan fingerprint density at radius 2 is 2.05 bits per heavy atom. The molecule has 0 aliphatic carbocycles. The van der Waals surface area contributed by atoms with E-state index in [-0.39, 0.29) is 12.5 Å². The molecule has 1 amide bonds. The number of H-pyrrole nitrogens is 1. The molecule has 0 saturated heterocycles. The summed E-state index contributed by atoms with van der Waals surface area (Å²) in [5.74, 6) is 0.705. The van der Waals surface area contributed by atoms with Gasteiger partial charge in [-0.15, -0.1) is 0 Å².